The second-order valence-corrected chi connectivity index (χ2v) is 8.48. The van der Waals surface area contributed by atoms with Crippen molar-refractivity contribution in [2.24, 2.45) is 11.8 Å². The van der Waals surface area contributed by atoms with Gasteiger partial charge in [-0.1, -0.05) is 24.3 Å². The molecule has 0 aliphatic carbocycles. The molecular weight excluding hydrogens is 394 g/mol. The molecule has 0 bridgehead atoms. The van der Waals surface area contributed by atoms with E-state index < -0.39 is 0 Å². The molecular formula is C23H23N5O3. The number of carbonyl (C=O) groups is 1. The van der Waals surface area contributed by atoms with E-state index in [0.29, 0.717) is 24.5 Å². The van der Waals surface area contributed by atoms with E-state index in [1.807, 2.05) is 41.0 Å². The summed E-state index contributed by atoms with van der Waals surface area (Å²) in [4.78, 5) is 15.3. The van der Waals surface area contributed by atoms with Crippen LogP contribution in [0.3, 0.4) is 0 Å². The third kappa shape index (κ3) is 3.42. The molecule has 1 N–H and O–H groups in total. The summed E-state index contributed by atoms with van der Waals surface area (Å²) in [5, 5.41) is 11.5. The Labute approximate surface area is 179 Å². The molecule has 0 unspecified atom stereocenters. The fourth-order valence-electron chi connectivity index (χ4n) is 4.92. The van der Waals surface area contributed by atoms with E-state index in [2.05, 4.69) is 32.5 Å². The first-order chi connectivity index (χ1) is 15.2. The summed E-state index contributed by atoms with van der Waals surface area (Å²) in [6.45, 7) is 3.98. The average Bonchev–Trinajstić information content (AvgIpc) is 3.49. The largest absolute Gasteiger partial charge is 0.454 e. The van der Waals surface area contributed by atoms with Gasteiger partial charge in [0, 0.05) is 38.3 Å². The Balaban J connectivity index is 1.14. The van der Waals surface area contributed by atoms with Crippen LogP contribution in [-0.4, -0.2) is 45.5 Å². The number of nitrogens with zero attached hydrogens (tertiary/aromatic N) is 4. The van der Waals surface area contributed by atoms with Gasteiger partial charge in [-0.3, -0.25) is 9.69 Å². The maximum Gasteiger partial charge on any atom is 0.293 e. The monoisotopic (exact) mass is 417 g/mol. The number of aromatic nitrogens is 3. The van der Waals surface area contributed by atoms with E-state index >= 15 is 0 Å². The van der Waals surface area contributed by atoms with Crippen molar-refractivity contribution in [3.63, 3.8) is 0 Å². The fourth-order valence-corrected chi connectivity index (χ4v) is 4.92. The summed E-state index contributed by atoms with van der Waals surface area (Å²) in [6, 6.07) is 15.6. The molecule has 0 saturated carbocycles. The Bertz CT molecular complexity index is 1130. The van der Waals surface area contributed by atoms with Gasteiger partial charge in [-0.2, -0.15) is 0 Å². The number of ether oxygens (including phenoxy) is 2. The van der Waals surface area contributed by atoms with E-state index in [-0.39, 0.29) is 5.91 Å². The van der Waals surface area contributed by atoms with Gasteiger partial charge in [0.25, 0.3) is 5.91 Å². The summed E-state index contributed by atoms with van der Waals surface area (Å²) in [6.07, 6.45) is 0.855. The Morgan fingerprint density at radius 1 is 1.00 bits per heavy atom. The molecule has 1 amide bonds. The van der Waals surface area contributed by atoms with Crippen LogP contribution in [0.4, 0.5) is 5.69 Å². The summed E-state index contributed by atoms with van der Waals surface area (Å²) in [5.74, 6) is 3.76. The molecule has 158 valence electrons. The molecule has 2 atom stereocenters. The molecule has 8 heteroatoms. The van der Waals surface area contributed by atoms with Crippen molar-refractivity contribution in [1.29, 1.82) is 0 Å². The van der Waals surface area contributed by atoms with E-state index in [1.54, 1.807) is 0 Å². The Morgan fingerprint density at radius 2 is 1.84 bits per heavy atom. The summed E-state index contributed by atoms with van der Waals surface area (Å²) < 4.78 is 12.9. The van der Waals surface area contributed by atoms with Gasteiger partial charge in [-0.05, 0) is 41.7 Å². The van der Waals surface area contributed by atoms with Crippen molar-refractivity contribution in [2.75, 3.05) is 25.2 Å². The van der Waals surface area contributed by atoms with Gasteiger partial charge in [0.2, 0.25) is 12.6 Å². The number of fused-ring (bicyclic) bond motifs is 3. The van der Waals surface area contributed by atoms with Crippen LogP contribution >= 0.6 is 0 Å². The lowest BCUT2D eigenvalue weighted by Gasteiger charge is -2.25. The van der Waals surface area contributed by atoms with Gasteiger partial charge < -0.3 is 19.4 Å². The zero-order valence-corrected chi connectivity index (χ0v) is 17.0. The number of hydrogen-bond acceptors (Lipinski definition) is 6. The lowest BCUT2D eigenvalue weighted by Crippen LogP contribution is -2.31. The van der Waals surface area contributed by atoms with Crippen molar-refractivity contribution in [3.05, 3.63) is 65.7 Å². The molecule has 1 aromatic heterocycles. The van der Waals surface area contributed by atoms with Crippen LogP contribution in [0.2, 0.25) is 0 Å². The van der Waals surface area contributed by atoms with Gasteiger partial charge in [0.05, 0.1) is 0 Å². The molecule has 1 fully saturated rings. The van der Waals surface area contributed by atoms with Crippen molar-refractivity contribution >= 4 is 11.6 Å². The Kier molecular flexibility index (Phi) is 4.38. The summed E-state index contributed by atoms with van der Waals surface area (Å²) in [7, 11) is 0. The zero-order chi connectivity index (χ0) is 20.8. The minimum absolute atomic E-state index is 0.210. The van der Waals surface area contributed by atoms with Crippen LogP contribution in [0.15, 0.2) is 48.5 Å². The number of carbonyl (C=O) groups excluding carboxylic acids is 1. The van der Waals surface area contributed by atoms with Gasteiger partial charge in [0.1, 0.15) is 5.82 Å². The molecule has 3 aliphatic rings. The Hall–Kier alpha value is -3.39. The number of benzene rings is 2. The highest BCUT2D eigenvalue weighted by molar-refractivity contribution is 6.01. The normalized spacial score (nSPS) is 21.5. The smallest absolute Gasteiger partial charge is 0.293 e. The van der Waals surface area contributed by atoms with Crippen LogP contribution in [0.1, 0.15) is 22.0 Å². The van der Waals surface area contributed by atoms with Crippen LogP contribution < -0.4 is 14.8 Å². The zero-order valence-electron chi connectivity index (χ0n) is 17.0. The first kappa shape index (κ1) is 18.4. The molecule has 3 aromatic rings. The third-order valence-electron chi connectivity index (χ3n) is 6.42. The van der Waals surface area contributed by atoms with E-state index in [0.717, 1.165) is 55.6 Å². The highest BCUT2D eigenvalue weighted by Crippen LogP contribution is 2.36. The molecule has 2 aromatic carbocycles. The third-order valence-corrected chi connectivity index (χ3v) is 6.42. The van der Waals surface area contributed by atoms with Crippen LogP contribution in [0, 0.1) is 11.8 Å². The minimum Gasteiger partial charge on any atom is -0.454 e. The molecule has 0 spiro atoms. The number of rotatable bonds is 4. The number of para-hydroxylation sites is 1. The van der Waals surface area contributed by atoms with E-state index in [9.17, 15) is 4.79 Å². The van der Waals surface area contributed by atoms with Crippen LogP contribution in [0.5, 0.6) is 11.5 Å². The maximum absolute atomic E-state index is 12.8. The first-order valence-corrected chi connectivity index (χ1v) is 10.6. The van der Waals surface area contributed by atoms with E-state index in [4.69, 9.17) is 9.47 Å². The maximum atomic E-state index is 12.8. The molecule has 31 heavy (non-hydrogen) atoms. The number of nitrogens with one attached hydrogen (secondary N) is 1. The standard InChI is InChI=1S/C23H23N5O3/c29-23(24-18-4-2-1-3-5-18)22-26-25-21-9-16-11-27(12-17(16)13-28(21)22)10-15-6-7-19-20(8-15)31-14-30-19/h1-8,16-17H,9-14H2,(H,24,29)/t16-,17+/m1/s1. The van der Waals surface area contributed by atoms with Gasteiger partial charge in [-0.15, -0.1) is 10.2 Å². The van der Waals surface area contributed by atoms with Gasteiger partial charge in [0.15, 0.2) is 11.5 Å². The fraction of sp³-hybridized carbons (Fsp3) is 0.348. The number of amides is 1. The number of anilines is 1. The second kappa shape index (κ2) is 7.39. The van der Waals surface area contributed by atoms with Gasteiger partial charge in [-0.25, -0.2) is 0 Å². The summed E-state index contributed by atoms with van der Waals surface area (Å²) in [5.41, 5.74) is 1.99. The topological polar surface area (TPSA) is 81.5 Å². The first-order valence-electron chi connectivity index (χ1n) is 10.6. The summed E-state index contributed by atoms with van der Waals surface area (Å²) >= 11 is 0. The predicted molar refractivity (Wildman–Crippen MR) is 113 cm³/mol. The Morgan fingerprint density at radius 3 is 2.74 bits per heavy atom. The molecule has 6 rings (SSSR count). The highest BCUT2D eigenvalue weighted by atomic mass is 16.7. The second-order valence-electron chi connectivity index (χ2n) is 8.48. The van der Waals surface area contributed by atoms with Crippen LogP contribution in [-0.2, 0) is 19.5 Å². The highest BCUT2D eigenvalue weighted by Gasteiger charge is 2.39. The van der Waals surface area contributed by atoms with Crippen molar-refractivity contribution in [2.45, 2.75) is 19.5 Å². The molecule has 1 saturated heterocycles. The minimum atomic E-state index is -0.210. The quantitative estimate of drug-likeness (QED) is 0.703. The molecule has 0 radical (unpaired) electrons. The lowest BCUT2D eigenvalue weighted by atomic mass is 9.89. The average molecular weight is 417 g/mol. The number of likely N-dealkylation sites (tertiary alicyclic amines) is 1. The van der Waals surface area contributed by atoms with Crippen LogP contribution in [0.25, 0.3) is 0 Å². The van der Waals surface area contributed by atoms with Crippen molar-refractivity contribution in [1.82, 2.24) is 19.7 Å². The van der Waals surface area contributed by atoms with Crippen molar-refractivity contribution < 1.29 is 14.3 Å². The molecule has 4 heterocycles. The van der Waals surface area contributed by atoms with Gasteiger partial charge >= 0.3 is 0 Å². The number of hydrogen-bond donors (Lipinski definition) is 1. The van der Waals surface area contributed by atoms with E-state index in [1.165, 1.54) is 5.56 Å². The lowest BCUT2D eigenvalue weighted by molar-refractivity contribution is 0.100. The molecule has 8 nitrogen and oxygen atoms in total. The predicted octanol–water partition coefficient (Wildman–Crippen LogP) is 2.56. The molecule has 3 aliphatic heterocycles. The SMILES string of the molecule is O=C(Nc1ccccc1)c1nnc2n1C[C@@H]1CN(Cc3ccc4c(c3)OCO4)C[C@H]1C2. The van der Waals surface area contributed by atoms with Crippen molar-refractivity contribution in [3.8, 4) is 11.5 Å².